The molecule has 1 amide bonds. The summed E-state index contributed by atoms with van der Waals surface area (Å²) in [6.07, 6.45) is 2.11. The van der Waals surface area contributed by atoms with Gasteiger partial charge in [-0.3, -0.25) is 14.2 Å². The molecule has 0 saturated heterocycles. The van der Waals surface area contributed by atoms with Crippen LogP contribution in [0, 0.1) is 0 Å². The van der Waals surface area contributed by atoms with Gasteiger partial charge < -0.3 is 5.32 Å². The maximum Gasteiger partial charge on any atom is 0.269 e. The molecule has 0 aliphatic rings. The van der Waals surface area contributed by atoms with Gasteiger partial charge in [-0.05, 0) is 25.5 Å². The molecule has 2 aromatic rings. The van der Waals surface area contributed by atoms with E-state index in [0.29, 0.717) is 11.0 Å². The van der Waals surface area contributed by atoms with Crippen molar-refractivity contribution in [1.82, 2.24) is 14.9 Å². The summed E-state index contributed by atoms with van der Waals surface area (Å²) < 4.78 is 1.44. The molecule has 0 aliphatic heterocycles. The first-order valence-corrected chi connectivity index (χ1v) is 6.35. The summed E-state index contributed by atoms with van der Waals surface area (Å²) >= 11 is 0. The van der Waals surface area contributed by atoms with Crippen molar-refractivity contribution in [1.29, 1.82) is 0 Å². The lowest BCUT2D eigenvalue weighted by Gasteiger charge is -2.13. The highest BCUT2D eigenvalue weighted by Gasteiger charge is 2.10. The van der Waals surface area contributed by atoms with Crippen LogP contribution in [0.3, 0.4) is 0 Å². The van der Waals surface area contributed by atoms with Gasteiger partial charge in [0.05, 0.1) is 17.2 Å². The van der Waals surface area contributed by atoms with Gasteiger partial charge in [0.25, 0.3) is 5.56 Å². The lowest BCUT2D eigenvalue weighted by atomic mass is 10.2. The zero-order valence-electron chi connectivity index (χ0n) is 11.1. The predicted octanol–water partition coefficient (Wildman–Crippen LogP) is 1.31. The van der Waals surface area contributed by atoms with Crippen LogP contribution in [0.1, 0.15) is 20.3 Å². The van der Waals surface area contributed by atoms with Crippen LogP contribution in [0.15, 0.2) is 35.3 Å². The minimum Gasteiger partial charge on any atom is -0.352 e. The molecule has 0 spiro atoms. The molecule has 19 heavy (non-hydrogen) atoms. The van der Waals surface area contributed by atoms with Crippen molar-refractivity contribution in [2.45, 2.75) is 32.9 Å². The van der Waals surface area contributed by atoms with Gasteiger partial charge >= 0.3 is 0 Å². The first kappa shape index (κ1) is 13.3. The molecule has 100 valence electrons. The Morgan fingerprint density at radius 1 is 1.42 bits per heavy atom. The molecule has 0 aliphatic carbocycles. The number of fused-ring (bicyclic) bond motifs is 1. The lowest BCUT2D eigenvalue weighted by Crippen LogP contribution is -2.37. The Morgan fingerprint density at radius 2 is 2.16 bits per heavy atom. The Labute approximate surface area is 111 Å². The summed E-state index contributed by atoms with van der Waals surface area (Å²) in [5.41, 5.74) is 1.12. The first-order chi connectivity index (χ1) is 9.11. The summed E-state index contributed by atoms with van der Waals surface area (Å²) in [7, 11) is 0. The number of carbonyl (C=O) groups is 1. The van der Waals surface area contributed by atoms with Crippen LogP contribution >= 0.6 is 0 Å². The monoisotopic (exact) mass is 259 g/mol. The topological polar surface area (TPSA) is 64.0 Å². The fourth-order valence-corrected chi connectivity index (χ4v) is 1.84. The fraction of sp³-hybridized carbons (Fsp3) is 0.357. The lowest BCUT2D eigenvalue weighted by molar-refractivity contribution is -0.122. The van der Waals surface area contributed by atoms with Gasteiger partial charge in [0.1, 0.15) is 6.54 Å². The zero-order valence-corrected chi connectivity index (χ0v) is 11.1. The van der Waals surface area contributed by atoms with Crippen molar-refractivity contribution >= 4 is 16.9 Å². The van der Waals surface area contributed by atoms with E-state index >= 15 is 0 Å². The van der Waals surface area contributed by atoms with E-state index in [-0.39, 0.29) is 24.1 Å². The molecule has 0 radical (unpaired) electrons. The van der Waals surface area contributed by atoms with E-state index in [1.165, 1.54) is 10.8 Å². The molecule has 0 bridgehead atoms. The Kier molecular flexibility index (Phi) is 3.94. The molecule has 5 nitrogen and oxygen atoms in total. The molecule has 1 aromatic carbocycles. The maximum absolute atomic E-state index is 11.9. The number of hydrogen-bond acceptors (Lipinski definition) is 3. The molecule has 0 saturated carbocycles. The summed E-state index contributed by atoms with van der Waals surface area (Å²) in [6, 6.07) is 7.39. The number of aromatic nitrogens is 2. The highest BCUT2D eigenvalue weighted by molar-refractivity contribution is 5.80. The van der Waals surface area contributed by atoms with Crippen LogP contribution in [0.2, 0.25) is 0 Å². The Morgan fingerprint density at radius 3 is 2.89 bits per heavy atom. The van der Waals surface area contributed by atoms with Crippen molar-refractivity contribution in [3.63, 3.8) is 0 Å². The number of benzene rings is 1. The summed E-state index contributed by atoms with van der Waals surface area (Å²) in [6.45, 7) is 3.95. The minimum absolute atomic E-state index is 0.0200. The van der Waals surface area contributed by atoms with Gasteiger partial charge in [-0.1, -0.05) is 19.1 Å². The smallest absolute Gasteiger partial charge is 0.269 e. The summed E-state index contributed by atoms with van der Waals surface area (Å²) in [5, 5.41) is 2.85. The van der Waals surface area contributed by atoms with Gasteiger partial charge in [-0.2, -0.15) is 0 Å². The third kappa shape index (κ3) is 2.99. The van der Waals surface area contributed by atoms with Gasteiger partial charge in [0.2, 0.25) is 5.91 Å². The Hall–Kier alpha value is -2.17. The third-order valence-electron chi connectivity index (χ3n) is 3.07. The quantitative estimate of drug-likeness (QED) is 0.900. The average Bonchev–Trinajstić information content (AvgIpc) is 2.42. The molecule has 1 aromatic heterocycles. The number of nitrogens with one attached hydrogen (secondary N) is 1. The fourth-order valence-electron chi connectivity index (χ4n) is 1.84. The highest BCUT2D eigenvalue weighted by Crippen LogP contribution is 2.07. The number of para-hydroxylation sites is 2. The second-order valence-corrected chi connectivity index (χ2v) is 4.55. The average molecular weight is 259 g/mol. The van der Waals surface area contributed by atoms with E-state index in [0.717, 1.165) is 6.42 Å². The number of carbonyl (C=O) groups excluding carboxylic acids is 1. The Balaban J connectivity index is 2.32. The molecule has 1 N–H and O–H groups in total. The van der Waals surface area contributed by atoms with Crippen LogP contribution in [-0.4, -0.2) is 21.5 Å². The second kappa shape index (κ2) is 5.65. The molecule has 1 heterocycles. The third-order valence-corrected chi connectivity index (χ3v) is 3.07. The standard InChI is InChI=1S/C14H17N3O2/c1-3-10(2)16-13(18)9-17-12-7-5-4-6-11(12)15-8-14(17)19/h4-8,10H,3,9H2,1-2H3,(H,16,18)/t10-/m0/s1. The molecule has 1 atom stereocenters. The van der Waals surface area contributed by atoms with E-state index in [1.54, 1.807) is 6.07 Å². The molecule has 0 fully saturated rings. The number of rotatable bonds is 4. The molecule has 5 heteroatoms. The molecular weight excluding hydrogens is 242 g/mol. The van der Waals surface area contributed by atoms with Crippen molar-refractivity contribution in [3.8, 4) is 0 Å². The summed E-state index contributed by atoms with van der Waals surface area (Å²) in [4.78, 5) is 27.8. The van der Waals surface area contributed by atoms with Crippen molar-refractivity contribution in [2.24, 2.45) is 0 Å². The van der Waals surface area contributed by atoms with E-state index in [4.69, 9.17) is 0 Å². The van der Waals surface area contributed by atoms with Crippen molar-refractivity contribution < 1.29 is 4.79 Å². The maximum atomic E-state index is 11.9. The van der Waals surface area contributed by atoms with Crippen LogP contribution in [0.4, 0.5) is 0 Å². The largest absolute Gasteiger partial charge is 0.352 e. The SMILES string of the molecule is CC[C@H](C)NC(=O)Cn1c(=O)cnc2ccccc21. The summed E-state index contributed by atoms with van der Waals surface area (Å²) in [5.74, 6) is -0.159. The van der Waals surface area contributed by atoms with Crippen LogP contribution in [-0.2, 0) is 11.3 Å². The van der Waals surface area contributed by atoms with E-state index in [1.807, 2.05) is 32.0 Å². The van der Waals surface area contributed by atoms with Crippen molar-refractivity contribution in [3.05, 3.63) is 40.8 Å². The van der Waals surface area contributed by atoms with Gasteiger partial charge in [0.15, 0.2) is 0 Å². The van der Waals surface area contributed by atoms with Gasteiger partial charge in [-0.15, -0.1) is 0 Å². The molecular formula is C14H17N3O2. The van der Waals surface area contributed by atoms with Gasteiger partial charge in [0, 0.05) is 6.04 Å². The molecule has 0 unspecified atom stereocenters. The van der Waals surface area contributed by atoms with Crippen molar-refractivity contribution in [2.75, 3.05) is 0 Å². The van der Waals surface area contributed by atoms with Gasteiger partial charge in [-0.25, -0.2) is 4.98 Å². The number of amides is 1. The molecule has 2 rings (SSSR count). The normalized spacial score (nSPS) is 12.3. The first-order valence-electron chi connectivity index (χ1n) is 6.35. The number of hydrogen-bond donors (Lipinski definition) is 1. The zero-order chi connectivity index (χ0) is 13.8. The van der Waals surface area contributed by atoms with E-state index in [9.17, 15) is 9.59 Å². The minimum atomic E-state index is -0.266. The van der Waals surface area contributed by atoms with Crippen LogP contribution < -0.4 is 10.9 Å². The van der Waals surface area contributed by atoms with E-state index in [2.05, 4.69) is 10.3 Å². The Bertz CT molecular complexity index is 648. The van der Waals surface area contributed by atoms with E-state index < -0.39 is 0 Å². The highest BCUT2D eigenvalue weighted by atomic mass is 16.2. The second-order valence-electron chi connectivity index (χ2n) is 4.55. The number of nitrogens with zero attached hydrogens (tertiary/aromatic N) is 2. The van der Waals surface area contributed by atoms with Crippen LogP contribution in [0.25, 0.3) is 11.0 Å². The van der Waals surface area contributed by atoms with Crippen LogP contribution in [0.5, 0.6) is 0 Å². The predicted molar refractivity (Wildman–Crippen MR) is 73.9 cm³/mol.